The molecule has 0 aliphatic rings. The van der Waals surface area contributed by atoms with E-state index in [4.69, 9.17) is 11.6 Å². The fourth-order valence-corrected chi connectivity index (χ4v) is 1.20. The molecule has 0 bridgehead atoms. The van der Waals surface area contributed by atoms with Crippen LogP contribution in [-0.2, 0) is 0 Å². The van der Waals surface area contributed by atoms with Gasteiger partial charge in [-0.2, -0.15) is 0 Å². The standard InChI is InChI=1S/C10H12ClFO/c1-6(2)10(13)7-3-4-8(11)9(12)5-7/h3-6,10,13H,1-2H3. The van der Waals surface area contributed by atoms with Gasteiger partial charge in [-0.05, 0) is 23.6 Å². The van der Waals surface area contributed by atoms with Crippen LogP contribution < -0.4 is 0 Å². The molecule has 0 aliphatic carbocycles. The molecular weight excluding hydrogens is 191 g/mol. The maximum atomic E-state index is 13.0. The third-order valence-electron chi connectivity index (χ3n) is 1.92. The van der Waals surface area contributed by atoms with Crippen LogP contribution in [0, 0.1) is 11.7 Å². The Labute approximate surface area is 82.2 Å². The number of benzene rings is 1. The van der Waals surface area contributed by atoms with E-state index in [9.17, 15) is 9.50 Å². The van der Waals surface area contributed by atoms with Gasteiger partial charge in [0, 0.05) is 0 Å². The maximum absolute atomic E-state index is 13.0. The van der Waals surface area contributed by atoms with Gasteiger partial charge < -0.3 is 5.11 Å². The van der Waals surface area contributed by atoms with Gasteiger partial charge >= 0.3 is 0 Å². The van der Waals surface area contributed by atoms with Crippen molar-refractivity contribution < 1.29 is 9.50 Å². The summed E-state index contributed by atoms with van der Waals surface area (Å²) in [7, 11) is 0. The van der Waals surface area contributed by atoms with Crippen molar-refractivity contribution in [2.45, 2.75) is 20.0 Å². The van der Waals surface area contributed by atoms with Crippen LogP contribution in [0.5, 0.6) is 0 Å². The molecular formula is C10H12ClFO. The minimum absolute atomic E-state index is 0.0700. The van der Waals surface area contributed by atoms with Crippen molar-refractivity contribution in [2.24, 2.45) is 5.92 Å². The van der Waals surface area contributed by atoms with Crippen molar-refractivity contribution in [3.8, 4) is 0 Å². The summed E-state index contributed by atoms with van der Waals surface area (Å²) in [5.74, 6) is -0.417. The zero-order valence-electron chi connectivity index (χ0n) is 7.59. The summed E-state index contributed by atoms with van der Waals surface area (Å²) in [6, 6.07) is 4.36. The molecule has 1 aromatic rings. The average Bonchev–Trinajstić information content (AvgIpc) is 2.08. The molecule has 0 amide bonds. The molecule has 1 aromatic carbocycles. The van der Waals surface area contributed by atoms with Crippen molar-refractivity contribution in [1.82, 2.24) is 0 Å². The molecule has 0 fully saturated rings. The first-order valence-electron chi connectivity index (χ1n) is 4.15. The first-order valence-corrected chi connectivity index (χ1v) is 4.53. The van der Waals surface area contributed by atoms with Gasteiger partial charge in [-0.3, -0.25) is 0 Å². The minimum Gasteiger partial charge on any atom is -0.388 e. The van der Waals surface area contributed by atoms with Crippen LogP contribution in [0.1, 0.15) is 25.5 Å². The zero-order chi connectivity index (χ0) is 10.0. The Kier molecular flexibility index (Phi) is 3.28. The van der Waals surface area contributed by atoms with E-state index >= 15 is 0 Å². The number of hydrogen-bond donors (Lipinski definition) is 1. The molecule has 1 nitrogen and oxygen atoms in total. The SMILES string of the molecule is CC(C)C(O)c1ccc(Cl)c(F)c1. The Balaban J connectivity index is 2.97. The monoisotopic (exact) mass is 202 g/mol. The Hall–Kier alpha value is -0.600. The minimum atomic E-state index is -0.633. The number of aliphatic hydroxyl groups is 1. The summed E-state index contributed by atoms with van der Waals surface area (Å²) in [5.41, 5.74) is 0.567. The molecule has 1 atom stereocenters. The Morgan fingerprint density at radius 3 is 2.46 bits per heavy atom. The van der Waals surface area contributed by atoms with Crippen molar-refractivity contribution >= 4 is 11.6 Å². The molecule has 1 unspecified atom stereocenters. The Morgan fingerprint density at radius 1 is 1.38 bits per heavy atom. The predicted octanol–water partition coefficient (Wildman–Crippen LogP) is 3.17. The van der Waals surface area contributed by atoms with Gasteiger partial charge in [0.2, 0.25) is 0 Å². The third-order valence-corrected chi connectivity index (χ3v) is 2.22. The third kappa shape index (κ3) is 2.42. The van der Waals surface area contributed by atoms with Crippen LogP contribution in [0.15, 0.2) is 18.2 Å². The lowest BCUT2D eigenvalue weighted by molar-refractivity contribution is 0.126. The van der Waals surface area contributed by atoms with Crippen molar-refractivity contribution in [3.63, 3.8) is 0 Å². The van der Waals surface area contributed by atoms with Gasteiger partial charge in [-0.25, -0.2) is 4.39 Å². The molecule has 0 spiro atoms. The van der Waals surface area contributed by atoms with E-state index in [1.165, 1.54) is 12.1 Å². The highest BCUT2D eigenvalue weighted by Crippen LogP contribution is 2.24. The Bertz CT molecular complexity index is 299. The van der Waals surface area contributed by atoms with Crippen LogP contribution in [0.25, 0.3) is 0 Å². The predicted molar refractivity (Wildman–Crippen MR) is 51.2 cm³/mol. The van der Waals surface area contributed by atoms with E-state index in [2.05, 4.69) is 0 Å². The van der Waals surface area contributed by atoms with Crippen LogP contribution in [0.4, 0.5) is 4.39 Å². The van der Waals surface area contributed by atoms with Gasteiger partial charge in [0.25, 0.3) is 0 Å². The molecule has 72 valence electrons. The largest absolute Gasteiger partial charge is 0.388 e. The van der Waals surface area contributed by atoms with Gasteiger partial charge in [0.15, 0.2) is 0 Å². The van der Waals surface area contributed by atoms with Gasteiger partial charge in [0.05, 0.1) is 11.1 Å². The molecule has 0 saturated heterocycles. The quantitative estimate of drug-likeness (QED) is 0.781. The topological polar surface area (TPSA) is 20.2 Å². The van der Waals surface area contributed by atoms with Crippen LogP contribution in [0.2, 0.25) is 5.02 Å². The number of rotatable bonds is 2. The molecule has 1 rings (SSSR count). The molecule has 3 heteroatoms. The summed E-state index contributed by atoms with van der Waals surface area (Å²) < 4.78 is 13.0. The molecule has 0 heterocycles. The fraction of sp³-hybridized carbons (Fsp3) is 0.400. The molecule has 1 N–H and O–H groups in total. The maximum Gasteiger partial charge on any atom is 0.142 e. The molecule has 0 aliphatic heterocycles. The second kappa shape index (κ2) is 4.07. The van der Waals surface area contributed by atoms with E-state index < -0.39 is 11.9 Å². The fourth-order valence-electron chi connectivity index (χ4n) is 1.08. The molecule has 13 heavy (non-hydrogen) atoms. The van der Waals surface area contributed by atoms with E-state index in [1.807, 2.05) is 13.8 Å². The van der Waals surface area contributed by atoms with E-state index in [0.717, 1.165) is 0 Å². The van der Waals surface area contributed by atoms with Gasteiger partial charge in [0.1, 0.15) is 5.82 Å². The van der Waals surface area contributed by atoms with Crippen molar-refractivity contribution in [1.29, 1.82) is 0 Å². The Morgan fingerprint density at radius 2 is 2.00 bits per heavy atom. The van der Waals surface area contributed by atoms with Crippen LogP contribution in [0.3, 0.4) is 0 Å². The summed E-state index contributed by atoms with van der Waals surface area (Å²) in [6.07, 6.45) is -0.633. The lowest BCUT2D eigenvalue weighted by Crippen LogP contribution is -2.05. The second-order valence-corrected chi connectivity index (χ2v) is 3.77. The van der Waals surface area contributed by atoms with Crippen LogP contribution in [-0.4, -0.2) is 5.11 Å². The van der Waals surface area contributed by atoms with Crippen molar-refractivity contribution in [2.75, 3.05) is 0 Å². The summed E-state index contributed by atoms with van der Waals surface area (Å²) in [6.45, 7) is 3.74. The second-order valence-electron chi connectivity index (χ2n) is 3.36. The zero-order valence-corrected chi connectivity index (χ0v) is 8.35. The molecule has 0 saturated carbocycles. The highest BCUT2D eigenvalue weighted by atomic mass is 35.5. The number of halogens is 2. The van der Waals surface area contributed by atoms with Crippen molar-refractivity contribution in [3.05, 3.63) is 34.6 Å². The highest BCUT2D eigenvalue weighted by Gasteiger charge is 2.13. The van der Waals surface area contributed by atoms with Crippen LogP contribution >= 0.6 is 11.6 Å². The van der Waals surface area contributed by atoms with Gasteiger partial charge in [-0.1, -0.05) is 31.5 Å². The number of aliphatic hydroxyl groups excluding tert-OH is 1. The van der Waals surface area contributed by atoms with E-state index in [-0.39, 0.29) is 10.9 Å². The molecule has 0 aromatic heterocycles. The first kappa shape index (κ1) is 10.5. The lowest BCUT2D eigenvalue weighted by atomic mass is 9.99. The van der Waals surface area contributed by atoms with E-state index in [1.54, 1.807) is 6.07 Å². The average molecular weight is 203 g/mol. The lowest BCUT2D eigenvalue weighted by Gasteiger charge is -2.14. The summed E-state index contributed by atoms with van der Waals surface area (Å²) >= 11 is 5.51. The first-order chi connectivity index (χ1) is 6.02. The molecule has 0 radical (unpaired) electrons. The van der Waals surface area contributed by atoms with E-state index in [0.29, 0.717) is 5.56 Å². The summed E-state index contributed by atoms with van der Waals surface area (Å²) in [5, 5.41) is 9.69. The smallest absolute Gasteiger partial charge is 0.142 e. The highest BCUT2D eigenvalue weighted by molar-refractivity contribution is 6.30. The normalized spacial score (nSPS) is 13.4. The number of hydrogen-bond acceptors (Lipinski definition) is 1. The van der Waals surface area contributed by atoms with Gasteiger partial charge in [-0.15, -0.1) is 0 Å². The summed E-state index contributed by atoms with van der Waals surface area (Å²) in [4.78, 5) is 0.